The summed E-state index contributed by atoms with van der Waals surface area (Å²) in [6.07, 6.45) is 3.57. The van der Waals surface area contributed by atoms with E-state index in [-0.39, 0.29) is 11.9 Å². The Kier molecular flexibility index (Phi) is 4.58. The maximum Gasteiger partial charge on any atom is 0.128 e. The first-order valence-corrected chi connectivity index (χ1v) is 7.28. The van der Waals surface area contributed by atoms with Gasteiger partial charge in [-0.15, -0.1) is 0 Å². The molecule has 1 atom stereocenters. The standard InChI is InChI=1S/C16H25FN2/c1-3-16(2)8-10-19(11-9-16)15(12-18)13-6-4-5-7-14(13)17/h4-7,15H,3,8-12,18H2,1-2H3. The van der Waals surface area contributed by atoms with Gasteiger partial charge in [0.25, 0.3) is 0 Å². The Bertz CT molecular complexity index is 411. The van der Waals surface area contributed by atoms with Gasteiger partial charge < -0.3 is 5.73 Å². The van der Waals surface area contributed by atoms with E-state index in [2.05, 4.69) is 18.7 Å². The predicted molar refractivity (Wildman–Crippen MR) is 77.4 cm³/mol. The van der Waals surface area contributed by atoms with Crippen molar-refractivity contribution in [1.82, 2.24) is 4.90 Å². The van der Waals surface area contributed by atoms with Gasteiger partial charge in [0.15, 0.2) is 0 Å². The van der Waals surface area contributed by atoms with Crippen LogP contribution in [0.4, 0.5) is 4.39 Å². The molecule has 1 unspecified atom stereocenters. The molecule has 0 aromatic heterocycles. The highest BCUT2D eigenvalue weighted by atomic mass is 19.1. The number of halogens is 1. The molecular formula is C16H25FN2. The van der Waals surface area contributed by atoms with Crippen molar-refractivity contribution in [2.24, 2.45) is 11.1 Å². The molecule has 0 saturated carbocycles. The third kappa shape index (κ3) is 3.15. The largest absolute Gasteiger partial charge is 0.329 e. The van der Waals surface area contributed by atoms with Gasteiger partial charge in [0.1, 0.15) is 5.82 Å². The van der Waals surface area contributed by atoms with Crippen LogP contribution < -0.4 is 5.73 Å². The normalized spacial score (nSPS) is 21.3. The Morgan fingerprint density at radius 2 is 1.95 bits per heavy atom. The van der Waals surface area contributed by atoms with E-state index in [0.717, 1.165) is 18.7 Å². The molecule has 0 radical (unpaired) electrons. The number of rotatable bonds is 4. The quantitative estimate of drug-likeness (QED) is 0.903. The van der Waals surface area contributed by atoms with Crippen LogP contribution in [0.25, 0.3) is 0 Å². The molecule has 1 heterocycles. The molecule has 1 aromatic carbocycles. The SMILES string of the molecule is CCC1(C)CCN(C(CN)c2ccccc2F)CC1. The molecule has 106 valence electrons. The zero-order chi connectivity index (χ0) is 13.9. The molecule has 2 nitrogen and oxygen atoms in total. The summed E-state index contributed by atoms with van der Waals surface area (Å²) in [5, 5.41) is 0. The molecule has 0 amide bonds. The maximum absolute atomic E-state index is 13.9. The number of nitrogens with two attached hydrogens (primary N) is 1. The van der Waals surface area contributed by atoms with E-state index < -0.39 is 0 Å². The minimum atomic E-state index is -0.137. The summed E-state index contributed by atoms with van der Waals surface area (Å²) < 4.78 is 13.9. The van der Waals surface area contributed by atoms with Crippen molar-refractivity contribution in [3.05, 3.63) is 35.6 Å². The van der Waals surface area contributed by atoms with Gasteiger partial charge in [-0.2, -0.15) is 0 Å². The molecule has 1 aromatic rings. The van der Waals surface area contributed by atoms with Crippen LogP contribution in [0.5, 0.6) is 0 Å². The van der Waals surface area contributed by atoms with Crippen LogP contribution in [0.1, 0.15) is 44.7 Å². The first-order valence-electron chi connectivity index (χ1n) is 7.28. The van der Waals surface area contributed by atoms with Gasteiger partial charge in [0, 0.05) is 18.2 Å². The Morgan fingerprint density at radius 1 is 1.32 bits per heavy atom. The first kappa shape index (κ1) is 14.5. The number of benzene rings is 1. The molecule has 2 N–H and O–H groups in total. The molecule has 1 saturated heterocycles. The lowest BCUT2D eigenvalue weighted by molar-refractivity contribution is 0.0816. The second-order valence-electron chi connectivity index (χ2n) is 5.97. The van der Waals surface area contributed by atoms with Crippen molar-refractivity contribution >= 4 is 0 Å². The van der Waals surface area contributed by atoms with Crippen LogP contribution in [0.2, 0.25) is 0 Å². The highest BCUT2D eigenvalue weighted by Gasteiger charge is 2.32. The van der Waals surface area contributed by atoms with E-state index in [1.807, 2.05) is 12.1 Å². The minimum absolute atomic E-state index is 0.0163. The topological polar surface area (TPSA) is 29.3 Å². The van der Waals surface area contributed by atoms with Gasteiger partial charge in [-0.3, -0.25) is 4.90 Å². The lowest BCUT2D eigenvalue weighted by atomic mass is 9.78. The molecule has 1 aliphatic rings. The summed E-state index contributed by atoms with van der Waals surface area (Å²) in [6.45, 7) is 7.11. The number of likely N-dealkylation sites (tertiary alicyclic amines) is 1. The molecule has 0 aliphatic carbocycles. The summed E-state index contributed by atoms with van der Waals surface area (Å²) >= 11 is 0. The lowest BCUT2D eigenvalue weighted by Gasteiger charge is -2.42. The average molecular weight is 264 g/mol. The summed E-state index contributed by atoms with van der Waals surface area (Å²) in [5.74, 6) is -0.137. The molecule has 1 fully saturated rings. The lowest BCUT2D eigenvalue weighted by Crippen LogP contribution is -2.43. The molecule has 3 heteroatoms. The summed E-state index contributed by atoms with van der Waals surface area (Å²) in [6, 6.07) is 7.03. The van der Waals surface area contributed by atoms with Crippen molar-refractivity contribution in [1.29, 1.82) is 0 Å². The summed E-state index contributed by atoms with van der Waals surface area (Å²) in [4.78, 5) is 2.34. The van der Waals surface area contributed by atoms with Crippen LogP contribution in [0, 0.1) is 11.2 Å². The van der Waals surface area contributed by atoms with Crippen molar-refractivity contribution in [2.75, 3.05) is 19.6 Å². The van der Waals surface area contributed by atoms with Crippen LogP contribution in [-0.4, -0.2) is 24.5 Å². The molecular weight excluding hydrogens is 239 g/mol. The Balaban J connectivity index is 2.10. The zero-order valence-corrected chi connectivity index (χ0v) is 12.0. The highest BCUT2D eigenvalue weighted by Crippen LogP contribution is 2.36. The molecule has 0 bridgehead atoms. The van der Waals surface area contributed by atoms with Crippen LogP contribution >= 0.6 is 0 Å². The molecule has 19 heavy (non-hydrogen) atoms. The Labute approximate surface area is 115 Å². The second kappa shape index (κ2) is 6.02. The van der Waals surface area contributed by atoms with Crippen molar-refractivity contribution in [3.63, 3.8) is 0 Å². The predicted octanol–water partition coefficient (Wildman–Crippen LogP) is 3.34. The van der Waals surface area contributed by atoms with E-state index in [9.17, 15) is 4.39 Å². The smallest absolute Gasteiger partial charge is 0.128 e. The fourth-order valence-electron chi connectivity index (χ4n) is 2.95. The fourth-order valence-corrected chi connectivity index (χ4v) is 2.95. The van der Waals surface area contributed by atoms with Gasteiger partial charge in [-0.1, -0.05) is 38.5 Å². The Hall–Kier alpha value is -0.930. The minimum Gasteiger partial charge on any atom is -0.329 e. The van der Waals surface area contributed by atoms with Gasteiger partial charge in [0.2, 0.25) is 0 Å². The number of hydrogen-bond acceptors (Lipinski definition) is 2. The van der Waals surface area contributed by atoms with Crippen LogP contribution in [-0.2, 0) is 0 Å². The summed E-state index contributed by atoms with van der Waals surface area (Å²) in [5.41, 5.74) is 7.09. The molecule has 2 rings (SSSR count). The third-order valence-corrected chi connectivity index (χ3v) is 4.79. The first-order chi connectivity index (χ1) is 9.09. The van der Waals surface area contributed by atoms with Crippen molar-refractivity contribution in [2.45, 2.75) is 39.2 Å². The van der Waals surface area contributed by atoms with E-state index in [0.29, 0.717) is 12.0 Å². The number of piperidine rings is 1. The van der Waals surface area contributed by atoms with E-state index in [1.54, 1.807) is 6.07 Å². The molecule has 0 spiro atoms. The van der Waals surface area contributed by atoms with Crippen LogP contribution in [0.3, 0.4) is 0 Å². The van der Waals surface area contributed by atoms with Crippen molar-refractivity contribution < 1.29 is 4.39 Å². The summed E-state index contributed by atoms with van der Waals surface area (Å²) in [7, 11) is 0. The second-order valence-corrected chi connectivity index (χ2v) is 5.97. The van der Waals surface area contributed by atoms with Gasteiger partial charge in [0.05, 0.1) is 0 Å². The van der Waals surface area contributed by atoms with Crippen LogP contribution in [0.15, 0.2) is 24.3 Å². The van der Waals surface area contributed by atoms with E-state index in [1.165, 1.54) is 25.3 Å². The molecule has 1 aliphatic heterocycles. The van der Waals surface area contributed by atoms with Gasteiger partial charge >= 0.3 is 0 Å². The van der Waals surface area contributed by atoms with Gasteiger partial charge in [-0.05, 0) is 37.4 Å². The van der Waals surface area contributed by atoms with Crippen molar-refractivity contribution in [3.8, 4) is 0 Å². The highest BCUT2D eigenvalue weighted by molar-refractivity contribution is 5.22. The number of nitrogens with zero attached hydrogens (tertiary/aromatic N) is 1. The number of hydrogen-bond donors (Lipinski definition) is 1. The maximum atomic E-state index is 13.9. The van der Waals surface area contributed by atoms with Gasteiger partial charge in [-0.25, -0.2) is 4.39 Å². The van der Waals surface area contributed by atoms with E-state index in [4.69, 9.17) is 5.73 Å². The zero-order valence-electron chi connectivity index (χ0n) is 12.0. The monoisotopic (exact) mass is 264 g/mol. The average Bonchev–Trinajstić information content (AvgIpc) is 2.44. The Morgan fingerprint density at radius 3 is 2.47 bits per heavy atom. The third-order valence-electron chi connectivity index (χ3n) is 4.79. The fraction of sp³-hybridized carbons (Fsp3) is 0.625. The van der Waals surface area contributed by atoms with E-state index >= 15 is 0 Å².